The van der Waals surface area contributed by atoms with Crippen molar-refractivity contribution in [3.63, 3.8) is 0 Å². The van der Waals surface area contributed by atoms with Gasteiger partial charge in [0, 0.05) is 19.1 Å². The van der Waals surface area contributed by atoms with Crippen LogP contribution >= 0.6 is 46.4 Å². The highest BCUT2D eigenvalue weighted by Crippen LogP contribution is 2.55. The molecule has 0 aliphatic carbocycles. The topological polar surface area (TPSA) is 114 Å². The number of fused-ring (bicyclic) bond motifs is 2. The molecule has 0 spiro atoms. The van der Waals surface area contributed by atoms with E-state index in [1.54, 1.807) is 6.07 Å². The van der Waals surface area contributed by atoms with E-state index in [0.29, 0.717) is 32.6 Å². The molecule has 3 aromatic carbocycles. The molecule has 0 unspecified atom stereocenters. The van der Waals surface area contributed by atoms with Crippen LogP contribution in [0, 0.1) is 10.1 Å². The predicted octanol–water partition coefficient (Wildman–Crippen LogP) is 8.53. The average Bonchev–Trinajstić information content (AvgIpc) is 2.86. The first-order valence-electron chi connectivity index (χ1n) is 10.7. The smallest absolute Gasteiger partial charge is 0.416 e. The lowest BCUT2D eigenvalue weighted by Gasteiger charge is -2.22. The van der Waals surface area contributed by atoms with E-state index in [1.807, 2.05) is 0 Å². The van der Waals surface area contributed by atoms with Gasteiger partial charge < -0.3 is 18.9 Å². The van der Waals surface area contributed by atoms with Gasteiger partial charge in [-0.25, -0.2) is 4.79 Å². The minimum absolute atomic E-state index is 0.103. The van der Waals surface area contributed by atoms with Gasteiger partial charge in [-0.1, -0.05) is 46.4 Å². The van der Waals surface area contributed by atoms with E-state index in [-0.39, 0.29) is 29.7 Å². The van der Waals surface area contributed by atoms with Crippen LogP contribution < -0.4 is 9.47 Å². The summed E-state index contributed by atoms with van der Waals surface area (Å²) in [5.41, 5.74) is -2.04. The Hall–Kier alpha value is -3.45. The number of nitro groups is 1. The van der Waals surface area contributed by atoms with Crippen molar-refractivity contribution >= 4 is 64.0 Å². The van der Waals surface area contributed by atoms with Crippen molar-refractivity contribution in [2.45, 2.75) is 13.1 Å². The monoisotopic (exact) mass is 641 g/mol. The van der Waals surface area contributed by atoms with Gasteiger partial charge in [-0.2, -0.15) is 13.2 Å². The van der Waals surface area contributed by atoms with E-state index in [9.17, 15) is 32.9 Å². The largest absolute Gasteiger partial charge is 0.462 e. The zero-order valence-corrected chi connectivity index (χ0v) is 22.8. The van der Waals surface area contributed by atoms with Crippen LogP contribution in [0.1, 0.15) is 22.8 Å². The van der Waals surface area contributed by atoms with Crippen molar-refractivity contribution in [3.8, 4) is 23.0 Å². The maximum Gasteiger partial charge on any atom is 0.416 e. The van der Waals surface area contributed by atoms with Crippen LogP contribution in [0.15, 0.2) is 42.5 Å². The number of ether oxygens (including phenoxy) is 4. The molecule has 0 radical (unpaired) electrons. The minimum atomic E-state index is -4.60. The summed E-state index contributed by atoms with van der Waals surface area (Å²) in [4.78, 5) is 33.2. The molecule has 0 N–H and O–H groups in total. The summed E-state index contributed by atoms with van der Waals surface area (Å²) >= 11 is 22.8. The van der Waals surface area contributed by atoms with Crippen molar-refractivity contribution in [1.29, 1.82) is 0 Å². The normalized spacial score (nSPS) is 11.3. The number of nitro benzene ring substituents is 1. The maximum absolute atomic E-state index is 12.7. The van der Waals surface area contributed by atoms with Crippen LogP contribution in [0.25, 0.3) is 0 Å². The number of alkyl halides is 3. The Labute approximate surface area is 243 Å². The summed E-state index contributed by atoms with van der Waals surface area (Å²) in [5, 5.41) is 12.3. The van der Waals surface area contributed by atoms with Gasteiger partial charge in [0.1, 0.15) is 35.3 Å². The summed E-state index contributed by atoms with van der Waals surface area (Å²) in [6, 6.07) is 7.09. The Kier molecular flexibility index (Phi) is 9.96. The summed E-state index contributed by atoms with van der Waals surface area (Å²) in [5.74, 6) is -0.883. The van der Waals surface area contributed by atoms with Gasteiger partial charge in [-0.05, 0) is 30.3 Å². The molecule has 2 heterocycles. The minimum Gasteiger partial charge on any atom is -0.462 e. The number of nitrogens with zero attached hydrogens (tertiary/aromatic N) is 1. The number of hydrogen-bond acceptors (Lipinski definition) is 8. The van der Waals surface area contributed by atoms with Crippen molar-refractivity contribution < 1.29 is 46.6 Å². The summed E-state index contributed by atoms with van der Waals surface area (Å²) in [7, 11) is 0. The lowest BCUT2D eigenvalue weighted by Crippen LogP contribution is -2.14. The molecule has 2 bridgehead atoms. The first-order valence-corrected chi connectivity index (χ1v) is 12.2. The number of halogens is 7. The molecule has 3 aromatic rings. The van der Waals surface area contributed by atoms with Crippen molar-refractivity contribution in [2.75, 3.05) is 13.2 Å². The number of rotatable bonds is 7. The van der Waals surface area contributed by atoms with Crippen molar-refractivity contribution in [3.05, 3.63) is 83.8 Å². The summed E-state index contributed by atoms with van der Waals surface area (Å²) in [6.07, 6.45) is -4.60. The molecule has 40 heavy (non-hydrogen) atoms. The molecule has 212 valence electrons. The third-order valence-electron chi connectivity index (χ3n) is 4.78. The van der Waals surface area contributed by atoms with Gasteiger partial charge in [0.05, 0.1) is 25.6 Å². The van der Waals surface area contributed by atoms with E-state index in [0.717, 1.165) is 37.3 Å². The Morgan fingerprint density at radius 2 is 1.55 bits per heavy atom. The Morgan fingerprint density at radius 3 is 2.05 bits per heavy atom. The molecule has 0 saturated heterocycles. The fourth-order valence-electron chi connectivity index (χ4n) is 2.98. The molecule has 2 aliphatic rings. The standard InChI is InChI=1S/C18H13ClF3NO7.C6HCl3O/c1-10(24)28-6-7-29-17(25)13-9-12(3-4-15(13)23(26)27)30-16-5-2-11(8-14(16)19)18(20,21)22;7-2-1-3(8)6-4(9)5(2)10-6/h2-5,8-9H,6-7H2,1H3;1H. The highest BCUT2D eigenvalue weighted by atomic mass is 35.5. The van der Waals surface area contributed by atoms with E-state index in [1.165, 1.54) is 0 Å². The van der Waals surface area contributed by atoms with E-state index in [2.05, 4.69) is 4.74 Å². The molecule has 0 amide bonds. The van der Waals surface area contributed by atoms with Crippen LogP contribution in [0.5, 0.6) is 23.0 Å². The fraction of sp³-hybridized carbons (Fsp3) is 0.167. The third kappa shape index (κ3) is 7.60. The molecule has 5 rings (SSSR count). The zero-order valence-electron chi connectivity index (χ0n) is 19.8. The van der Waals surface area contributed by atoms with E-state index >= 15 is 0 Å². The van der Waals surface area contributed by atoms with Crippen LogP contribution in [-0.4, -0.2) is 30.1 Å². The third-order valence-corrected chi connectivity index (χ3v) is 5.98. The fourth-order valence-corrected chi connectivity index (χ4v) is 4.12. The van der Waals surface area contributed by atoms with Crippen molar-refractivity contribution in [1.82, 2.24) is 0 Å². The molecule has 0 aromatic heterocycles. The molecular weight excluding hydrogens is 629 g/mol. The van der Waals surface area contributed by atoms with Crippen LogP contribution in [0.4, 0.5) is 18.9 Å². The van der Waals surface area contributed by atoms with Crippen LogP contribution in [-0.2, 0) is 20.4 Å². The number of carbonyl (C=O) groups excluding carboxylic acids is 2. The molecule has 0 saturated carbocycles. The predicted molar refractivity (Wildman–Crippen MR) is 138 cm³/mol. The van der Waals surface area contributed by atoms with Crippen LogP contribution in [0.3, 0.4) is 0 Å². The SMILES string of the molecule is CC(=O)OCCOC(=O)c1cc(Oc2ccc(C(F)(F)F)cc2Cl)ccc1[N+](=O)[O-].Clc1cc(Cl)c2c(Cl)c1O2. The summed E-state index contributed by atoms with van der Waals surface area (Å²) in [6.45, 7) is 0.567. The quantitative estimate of drug-likeness (QED) is 0.0853. The van der Waals surface area contributed by atoms with Gasteiger partial charge >= 0.3 is 18.1 Å². The second-order valence-corrected chi connectivity index (χ2v) is 9.17. The number of benzene rings is 3. The maximum atomic E-state index is 12.7. The molecule has 2 aliphatic heterocycles. The molecule has 0 atom stereocenters. The Morgan fingerprint density at radius 1 is 0.925 bits per heavy atom. The highest BCUT2D eigenvalue weighted by Gasteiger charge is 2.31. The zero-order chi connectivity index (χ0) is 29.8. The van der Waals surface area contributed by atoms with Gasteiger partial charge in [0.25, 0.3) is 5.69 Å². The van der Waals surface area contributed by atoms with Gasteiger partial charge in [0.2, 0.25) is 0 Å². The molecule has 16 heteroatoms. The van der Waals surface area contributed by atoms with Crippen molar-refractivity contribution in [2.24, 2.45) is 0 Å². The van der Waals surface area contributed by atoms with E-state index in [4.69, 9.17) is 60.6 Å². The molecule has 0 fully saturated rings. The molecular formula is C24H14Cl4F3NO8. The Bertz CT molecular complexity index is 1440. The van der Waals surface area contributed by atoms with Crippen LogP contribution in [0.2, 0.25) is 20.1 Å². The molecule has 9 nitrogen and oxygen atoms in total. The van der Waals surface area contributed by atoms with Gasteiger partial charge in [-0.3, -0.25) is 14.9 Å². The highest BCUT2D eigenvalue weighted by molar-refractivity contribution is 6.43. The first kappa shape index (κ1) is 31.1. The lowest BCUT2D eigenvalue weighted by atomic mass is 10.1. The van der Waals surface area contributed by atoms with Gasteiger partial charge in [-0.15, -0.1) is 0 Å². The van der Waals surface area contributed by atoms with E-state index < -0.39 is 39.9 Å². The second kappa shape index (κ2) is 12.8. The first-order chi connectivity index (χ1) is 18.7. The summed E-state index contributed by atoms with van der Waals surface area (Å²) < 4.78 is 57.9. The van der Waals surface area contributed by atoms with Gasteiger partial charge in [0.15, 0.2) is 11.5 Å². The number of carbonyl (C=O) groups is 2. The second-order valence-electron chi connectivity index (χ2n) is 7.57. The number of esters is 2. The average molecular weight is 643 g/mol. The lowest BCUT2D eigenvalue weighted by molar-refractivity contribution is -0.385. The Balaban J connectivity index is 0.000000364. The number of hydrogen-bond donors (Lipinski definition) is 0.